The number of hydrogen-bond acceptors (Lipinski definition) is 3. The fourth-order valence-corrected chi connectivity index (χ4v) is 1.35. The van der Waals surface area contributed by atoms with E-state index in [-0.39, 0.29) is 12.5 Å². The number of nitrogens with two attached hydrogens (primary N) is 1. The summed E-state index contributed by atoms with van der Waals surface area (Å²) in [5.41, 5.74) is 4.68. The van der Waals surface area contributed by atoms with Gasteiger partial charge in [0.15, 0.2) is 0 Å². The molecular weight excluding hydrogens is 170 g/mol. The van der Waals surface area contributed by atoms with Crippen molar-refractivity contribution in [3.8, 4) is 0 Å². The number of carboxylic acid groups (broad SMARTS) is 1. The fourth-order valence-electron chi connectivity index (χ4n) is 1.35. The second kappa shape index (κ2) is 5.19. The number of aliphatic carboxylic acids is 1. The van der Waals surface area contributed by atoms with Gasteiger partial charge in [-0.3, -0.25) is 4.79 Å². The molecule has 0 rings (SSSR count). The Morgan fingerprint density at radius 3 is 2.38 bits per heavy atom. The molecule has 0 aliphatic rings. The molecule has 4 nitrogen and oxygen atoms in total. The van der Waals surface area contributed by atoms with Crippen molar-refractivity contribution in [2.45, 2.75) is 20.3 Å². The molecular formula is C9H19NO3. The molecule has 0 aliphatic heterocycles. The highest BCUT2D eigenvalue weighted by Crippen LogP contribution is 2.30. The summed E-state index contributed by atoms with van der Waals surface area (Å²) in [6, 6.07) is 0. The van der Waals surface area contributed by atoms with E-state index < -0.39 is 11.4 Å². The Morgan fingerprint density at radius 1 is 1.62 bits per heavy atom. The lowest BCUT2D eigenvalue weighted by molar-refractivity contribution is -0.152. The molecule has 3 N–H and O–H groups in total. The quantitative estimate of drug-likeness (QED) is 0.645. The third-order valence-corrected chi connectivity index (χ3v) is 2.65. The van der Waals surface area contributed by atoms with Gasteiger partial charge >= 0.3 is 5.97 Å². The van der Waals surface area contributed by atoms with Crippen LogP contribution < -0.4 is 5.73 Å². The lowest BCUT2D eigenvalue weighted by atomic mass is 9.75. The number of carbonyl (C=O) groups is 1. The number of carboxylic acids is 1. The van der Waals surface area contributed by atoms with Crippen molar-refractivity contribution >= 4 is 5.97 Å². The average molecular weight is 189 g/mol. The summed E-state index contributed by atoms with van der Waals surface area (Å²) in [5.74, 6) is -0.813. The van der Waals surface area contributed by atoms with Crippen LogP contribution in [0.15, 0.2) is 0 Å². The van der Waals surface area contributed by atoms with E-state index in [2.05, 4.69) is 0 Å². The Balaban J connectivity index is 4.55. The van der Waals surface area contributed by atoms with E-state index in [4.69, 9.17) is 15.6 Å². The van der Waals surface area contributed by atoms with Gasteiger partial charge in [0.05, 0.1) is 5.41 Å². The van der Waals surface area contributed by atoms with Gasteiger partial charge in [-0.05, 0) is 12.3 Å². The van der Waals surface area contributed by atoms with Crippen LogP contribution in [0.1, 0.15) is 20.3 Å². The Morgan fingerprint density at radius 2 is 2.15 bits per heavy atom. The normalized spacial score (nSPS) is 15.8. The van der Waals surface area contributed by atoms with Gasteiger partial charge in [0.2, 0.25) is 0 Å². The SMILES string of the molecule is COCCC(CN)(C(=O)O)C(C)C. The Kier molecular flexibility index (Phi) is 4.95. The third-order valence-electron chi connectivity index (χ3n) is 2.65. The molecule has 13 heavy (non-hydrogen) atoms. The van der Waals surface area contributed by atoms with Crippen molar-refractivity contribution in [3.63, 3.8) is 0 Å². The largest absolute Gasteiger partial charge is 0.481 e. The van der Waals surface area contributed by atoms with E-state index >= 15 is 0 Å². The number of methoxy groups -OCH3 is 1. The van der Waals surface area contributed by atoms with E-state index in [0.717, 1.165) is 0 Å². The molecule has 0 aromatic carbocycles. The van der Waals surface area contributed by atoms with Crippen molar-refractivity contribution in [1.82, 2.24) is 0 Å². The minimum Gasteiger partial charge on any atom is -0.481 e. The topological polar surface area (TPSA) is 72.5 Å². The van der Waals surface area contributed by atoms with Gasteiger partial charge < -0.3 is 15.6 Å². The molecule has 0 aromatic rings. The maximum absolute atomic E-state index is 11.1. The molecule has 0 fully saturated rings. The number of ether oxygens (including phenoxy) is 1. The number of hydrogen-bond donors (Lipinski definition) is 2. The predicted molar refractivity (Wildman–Crippen MR) is 50.5 cm³/mol. The maximum atomic E-state index is 11.1. The summed E-state index contributed by atoms with van der Waals surface area (Å²) >= 11 is 0. The second-order valence-electron chi connectivity index (χ2n) is 3.56. The average Bonchev–Trinajstić information content (AvgIpc) is 2.05. The standard InChI is InChI=1S/C9H19NO3/c1-7(2)9(6-10,8(11)12)4-5-13-3/h7H,4-6,10H2,1-3H3,(H,11,12). The summed E-state index contributed by atoms with van der Waals surface area (Å²) < 4.78 is 4.88. The van der Waals surface area contributed by atoms with E-state index in [1.54, 1.807) is 7.11 Å². The number of rotatable bonds is 6. The molecule has 0 aromatic heterocycles. The van der Waals surface area contributed by atoms with Crippen LogP contribution in [0.5, 0.6) is 0 Å². The molecule has 0 bridgehead atoms. The van der Waals surface area contributed by atoms with Crippen LogP contribution in [0.25, 0.3) is 0 Å². The van der Waals surface area contributed by atoms with Crippen LogP contribution in [0.4, 0.5) is 0 Å². The van der Waals surface area contributed by atoms with Crippen molar-refractivity contribution in [3.05, 3.63) is 0 Å². The molecule has 4 heteroatoms. The molecule has 0 saturated carbocycles. The van der Waals surface area contributed by atoms with Crippen molar-refractivity contribution in [1.29, 1.82) is 0 Å². The highest BCUT2D eigenvalue weighted by atomic mass is 16.5. The van der Waals surface area contributed by atoms with E-state index in [1.165, 1.54) is 0 Å². The van der Waals surface area contributed by atoms with Crippen LogP contribution in [0, 0.1) is 11.3 Å². The van der Waals surface area contributed by atoms with Crippen LogP contribution in [-0.2, 0) is 9.53 Å². The highest BCUT2D eigenvalue weighted by Gasteiger charge is 2.39. The first-order valence-electron chi connectivity index (χ1n) is 4.43. The zero-order valence-electron chi connectivity index (χ0n) is 8.54. The Bertz CT molecular complexity index is 170. The lowest BCUT2D eigenvalue weighted by Gasteiger charge is -2.31. The van der Waals surface area contributed by atoms with Crippen molar-refractivity contribution in [2.24, 2.45) is 17.1 Å². The summed E-state index contributed by atoms with van der Waals surface area (Å²) in [5, 5.41) is 9.09. The third kappa shape index (κ3) is 2.67. The van der Waals surface area contributed by atoms with Crippen LogP contribution in [0.2, 0.25) is 0 Å². The van der Waals surface area contributed by atoms with E-state index in [0.29, 0.717) is 13.0 Å². The van der Waals surface area contributed by atoms with Gasteiger partial charge in [-0.1, -0.05) is 13.8 Å². The van der Waals surface area contributed by atoms with E-state index in [1.807, 2.05) is 13.8 Å². The Labute approximate surface area is 79.1 Å². The minimum absolute atomic E-state index is 0.0187. The van der Waals surface area contributed by atoms with Crippen molar-refractivity contribution in [2.75, 3.05) is 20.3 Å². The molecule has 0 spiro atoms. The minimum atomic E-state index is -0.837. The molecule has 1 unspecified atom stereocenters. The van der Waals surface area contributed by atoms with Gasteiger partial charge in [-0.25, -0.2) is 0 Å². The van der Waals surface area contributed by atoms with E-state index in [9.17, 15) is 4.79 Å². The first kappa shape index (κ1) is 12.4. The van der Waals surface area contributed by atoms with Gasteiger partial charge in [-0.2, -0.15) is 0 Å². The Hall–Kier alpha value is -0.610. The monoisotopic (exact) mass is 189 g/mol. The zero-order valence-corrected chi connectivity index (χ0v) is 8.54. The smallest absolute Gasteiger partial charge is 0.311 e. The first-order valence-corrected chi connectivity index (χ1v) is 4.43. The second-order valence-corrected chi connectivity index (χ2v) is 3.56. The van der Waals surface area contributed by atoms with Gasteiger partial charge in [-0.15, -0.1) is 0 Å². The molecule has 78 valence electrons. The van der Waals surface area contributed by atoms with Gasteiger partial charge in [0, 0.05) is 20.3 Å². The van der Waals surface area contributed by atoms with Crippen LogP contribution in [0.3, 0.4) is 0 Å². The molecule has 0 radical (unpaired) electrons. The zero-order chi connectivity index (χ0) is 10.5. The van der Waals surface area contributed by atoms with Gasteiger partial charge in [0.25, 0.3) is 0 Å². The molecule has 0 aliphatic carbocycles. The summed E-state index contributed by atoms with van der Waals surface area (Å²) in [6.45, 7) is 4.33. The lowest BCUT2D eigenvalue weighted by Crippen LogP contribution is -2.44. The molecule has 0 amide bonds. The maximum Gasteiger partial charge on any atom is 0.311 e. The van der Waals surface area contributed by atoms with Crippen LogP contribution >= 0.6 is 0 Å². The highest BCUT2D eigenvalue weighted by molar-refractivity contribution is 5.75. The molecule has 0 heterocycles. The summed E-state index contributed by atoms with van der Waals surface area (Å²) in [6.07, 6.45) is 0.465. The van der Waals surface area contributed by atoms with Gasteiger partial charge in [0.1, 0.15) is 0 Å². The fraction of sp³-hybridized carbons (Fsp3) is 0.889. The van der Waals surface area contributed by atoms with Crippen LogP contribution in [-0.4, -0.2) is 31.3 Å². The van der Waals surface area contributed by atoms with Crippen molar-refractivity contribution < 1.29 is 14.6 Å². The first-order chi connectivity index (χ1) is 6.01. The predicted octanol–water partition coefficient (Wildman–Crippen LogP) is 0.709. The summed E-state index contributed by atoms with van der Waals surface area (Å²) in [7, 11) is 1.56. The molecule has 0 saturated heterocycles. The molecule has 1 atom stereocenters. The summed E-state index contributed by atoms with van der Waals surface area (Å²) in [4.78, 5) is 11.1.